The van der Waals surface area contributed by atoms with E-state index in [9.17, 15) is 4.79 Å². The Balaban J connectivity index is 1.44. The van der Waals surface area contributed by atoms with E-state index in [1.54, 1.807) is 6.92 Å². The van der Waals surface area contributed by atoms with E-state index >= 15 is 0 Å². The summed E-state index contributed by atoms with van der Waals surface area (Å²) in [6.45, 7) is 7.22. The van der Waals surface area contributed by atoms with Crippen LogP contribution in [-0.4, -0.2) is 52.2 Å². The Labute approximate surface area is 152 Å². The van der Waals surface area contributed by atoms with E-state index in [0.29, 0.717) is 12.2 Å². The fraction of sp³-hybridized carbons (Fsp3) is 0.350. The average Bonchev–Trinajstić information content (AvgIpc) is 2.69. The molecule has 0 aliphatic carbocycles. The van der Waals surface area contributed by atoms with Gasteiger partial charge in [-0.15, -0.1) is 0 Å². The van der Waals surface area contributed by atoms with E-state index in [-0.39, 0.29) is 5.56 Å². The number of nitrogens with zero attached hydrogens (tertiary/aromatic N) is 5. The van der Waals surface area contributed by atoms with Crippen molar-refractivity contribution in [3.63, 3.8) is 0 Å². The maximum absolute atomic E-state index is 12.6. The zero-order valence-electron chi connectivity index (χ0n) is 15.0. The van der Waals surface area contributed by atoms with Crippen molar-refractivity contribution < 1.29 is 0 Å². The van der Waals surface area contributed by atoms with Gasteiger partial charge in [-0.2, -0.15) is 0 Å². The second kappa shape index (κ2) is 7.25. The molecule has 0 bridgehead atoms. The summed E-state index contributed by atoms with van der Waals surface area (Å²) in [7, 11) is 0. The van der Waals surface area contributed by atoms with E-state index in [1.807, 2.05) is 47.2 Å². The number of benzene rings is 1. The molecule has 0 unspecified atom stereocenters. The molecule has 0 atom stereocenters. The summed E-state index contributed by atoms with van der Waals surface area (Å²) < 4.78 is 1.86. The van der Waals surface area contributed by atoms with Crippen LogP contribution in [0, 0.1) is 6.92 Å². The SMILES string of the molecule is Cc1nc2ccccc2n(CCN2CCN(c3ccccn3)CC2)c1=O. The largest absolute Gasteiger partial charge is 0.354 e. The topological polar surface area (TPSA) is 54.3 Å². The Kier molecular flexibility index (Phi) is 4.67. The second-order valence-electron chi connectivity index (χ2n) is 6.66. The van der Waals surface area contributed by atoms with Crippen LogP contribution in [0.25, 0.3) is 11.0 Å². The molecular weight excluding hydrogens is 326 g/mol. The lowest BCUT2D eigenvalue weighted by atomic mass is 10.2. The predicted octanol–water partition coefficient (Wildman–Crippen LogP) is 1.92. The molecule has 3 heterocycles. The lowest BCUT2D eigenvalue weighted by molar-refractivity contribution is 0.247. The molecule has 2 aromatic heterocycles. The minimum absolute atomic E-state index is 0.0100. The monoisotopic (exact) mass is 349 g/mol. The summed E-state index contributed by atoms with van der Waals surface area (Å²) in [6, 6.07) is 13.9. The molecule has 134 valence electrons. The van der Waals surface area contributed by atoms with Gasteiger partial charge in [-0.3, -0.25) is 9.69 Å². The van der Waals surface area contributed by atoms with Crippen LogP contribution in [0.3, 0.4) is 0 Å². The molecule has 0 N–H and O–H groups in total. The van der Waals surface area contributed by atoms with Crippen molar-refractivity contribution in [1.82, 2.24) is 19.4 Å². The molecule has 1 aliphatic heterocycles. The Hall–Kier alpha value is -2.73. The predicted molar refractivity (Wildman–Crippen MR) is 104 cm³/mol. The van der Waals surface area contributed by atoms with Crippen LogP contribution in [0.2, 0.25) is 0 Å². The first kappa shape index (κ1) is 16.7. The molecular formula is C20H23N5O. The maximum Gasteiger partial charge on any atom is 0.272 e. The molecule has 0 amide bonds. The van der Waals surface area contributed by atoms with E-state index in [2.05, 4.69) is 25.8 Å². The summed E-state index contributed by atoms with van der Waals surface area (Å²) in [6.07, 6.45) is 1.84. The molecule has 0 radical (unpaired) electrons. The van der Waals surface area contributed by atoms with Gasteiger partial charge >= 0.3 is 0 Å². The number of hydrogen-bond donors (Lipinski definition) is 0. The number of aryl methyl sites for hydroxylation is 1. The zero-order valence-corrected chi connectivity index (χ0v) is 15.0. The van der Waals surface area contributed by atoms with Gasteiger partial charge in [0.25, 0.3) is 5.56 Å². The molecule has 1 aromatic carbocycles. The van der Waals surface area contributed by atoms with Crippen LogP contribution in [-0.2, 0) is 6.54 Å². The van der Waals surface area contributed by atoms with Gasteiger partial charge in [0.1, 0.15) is 11.5 Å². The normalized spacial score (nSPS) is 15.5. The number of aromatic nitrogens is 3. The quantitative estimate of drug-likeness (QED) is 0.720. The molecule has 6 heteroatoms. The van der Waals surface area contributed by atoms with Crippen LogP contribution in [0.15, 0.2) is 53.5 Å². The zero-order chi connectivity index (χ0) is 17.9. The van der Waals surface area contributed by atoms with Gasteiger partial charge in [0, 0.05) is 45.5 Å². The fourth-order valence-electron chi connectivity index (χ4n) is 3.52. The molecule has 0 saturated carbocycles. The highest BCUT2D eigenvalue weighted by Gasteiger charge is 2.18. The van der Waals surface area contributed by atoms with Crippen LogP contribution in [0.5, 0.6) is 0 Å². The highest BCUT2D eigenvalue weighted by atomic mass is 16.1. The highest BCUT2D eigenvalue weighted by molar-refractivity contribution is 5.74. The molecule has 26 heavy (non-hydrogen) atoms. The number of anilines is 1. The number of hydrogen-bond acceptors (Lipinski definition) is 5. The Morgan fingerprint density at radius 2 is 1.73 bits per heavy atom. The summed E-state index contributed by atoms with van der Waals surface area (Å²) in [5, 5.41) is 0. The van der Waals surface area contributed by atoms with Crippen molar-refractivity contribution in [3.8, 4) is 0 Å². The lowest BCUT2D eigenvalue weighted by Gasteiger charge is -2.35. The van der Waals surface area contributed by atoms with Gasteiger partial charge < -0.3 is 9.47 Å². The summed E-state index contributed by atoms with van der Waals surface area (Å²) in [4.78, 5) is 26.1. The second-order valence-corrected chi connectivity index (χ2v) is 6.66. The first-order valence-electron chi connectivity index (χ1n) is 9.07. The van der Waals surface area contributed by atoms with Crippen molar-refractivity contribution >= 4 is 16.9 Å². The van der Waals surface area contributed by atoms with Gasteiger partial charge in [0.2, 0.25) is 0 Å². The molecule has 6 nitrogen and oxygen atoms in total. The number of rotatable bonds is 4. The van der Waals surface area contributed by atoms with Crippen LogP contribution >= 0.6 is 0 Å². The van der Waals surface area contributed by atoms with Gasteiger partial charge in [-0.25, -0.2) is 9.97 Å². The molecule has 0 spiro atoms. The summed E-state index contributed by atoms with van der Waals surface area (Å²) in [5.74, 6) is 1.04. The maximum atomic E-state index is 12.6. The number of fused-ring (bicyclic) bond motifs is 1. The van der Waals surface area contributed by atoms with Gasteiger partial charge in [0.05, 0.1) is 11.0 Å². The number of pyridine rings is 1. The summed E-state index contributed by atoms with van der Waals surface area (Å²) in [5.41, 5.74) is 2.36. The third kappa shape index (κ3) is 3.32. The van der Waals surface area contributed by atoms with Crippen LogP contribution < -0.4 is 10.5 Å². The Morgan fingerprint density at radius 1 is 0.962 bits per heavy atom. The van der Waals surface area contributed by atoms with Crippen LogP contribution in [0.1, 0.15) is 5.69 Å². The average molecular weight is 349 g/mol. The minimum Gasteiger partial charge on any atom is -0.354 e. The van der Waals surface area contributed by atoms with E-state index in [1.165, 1.54) is 0 Å². The lowest BCUT2D eigenvalue weighted by Crippen LogP contribution is -2.47. The smallest absolute Gasteiger partial charge is 0.272 e. The molecule has 3 aromatic rings. The fourth-order valence-corrected chi connectivity index (χ4v) is 3.52. The minimum atomic E-state index is 0.0100. The van der Waals surface area contributed by atoms with E-state index in [4.69, 9.17) is 0 Å². The van der Waals surface area contributed by atoms with Gasteiger partial charge in [0.15, 0.2) is 0 Å². The molecule has 1 saturated heterocycles. The van der Waals surface area contributed by atoms with Crippen molar-refractivity contribution in [1.29, 1.82) is 0 Å². The summed E-state index contributed by atoms with van der Waals surface area (Å²) >= 11 is 0. The van der Waals surface area contributed by atoms with Crippen molar-refractivity contribution in [2.45, 2.75) is 13.5 Å². The Morgan fingerprint density at radius 3 is 2.50 bits per heavy atom. The molecule has 1 aliphatic rings. The van der Waals surface area contributed by atoms with Gasteiger partial charge in [-0.1, -0.05) is 18.2 Å². The van der Waals surface area contributed by atoms with E-state index in [0.717, 1.165) is 49.6 Å². The van der Waals surface area contributed by atoms with Crippen molar-refractivity contribution in [2.24, 2.45) is 0 Å². The van der Waals surface area contributed by atoms with Crippen LogP contribution in [0.4, 0.5) is 5.82 Å². The third-order valence-corrected chi connectivity index (χ3v) is 5.00. The van der Waals surface area contributed by atoms with Crippen molar-refractivity contribution in [3.05, 3.63) is 64.7 Å². The van der Waals surface area contributed by atoms with E-state index < -0.39 is 0 Å². The molecule has 1 fully saturated rings. The first-order valence-corrected chi connectivity index (χ1v) is 9.07. The van der Waals surface area contributed by atoms with Crippen molar-refractivity contribution in [2.75, 3.05) is 37.6 Å². The first-order chi connectivity index (χ1) is 12.7. The van der Waals surface area contributed by atoms with Gasteiger partial charge in [-0.05, 0) is 31.2 Å². The standard InChI is InChI=1S/C20H23N5O/c1-16-20(26)25(18-7-3-2-6-17(18)22-16)15-12-23-10-13-24(14-11-23)19-8-4-5-9-21-19/h2-9H,10-15H2,1H3. The number of piperazine rings is 1. The Bertz CT molecular complexity index is 945. The highest BCUT2D eigenvalue weighted by Crippen LogP contribution is 2.13. The number of para-hydroxylation sites is 2. The molecule has 4 rings (SSSR count). The third-order valence-electron chi connectivity index (χ3n) is 5.00.